The van der Waals surface area contributed by atoms with E-state index in [1.807, 2.05) is 24.9 Å². The fourth-order valence-corrected chi connectivity index (χ4v) is 4.02. The van der Waals surface area contributed by atoms with Crippen LogP contribution in [0.15, 0.2) is 6.20 Å². The van der Waals surface area contributed by atoms with Gasteiger partial charge in [0.15, 0.2) is 0 Å². The molecule has 1 aromatic heterocycles. The molecule has 1 aliphatic carbocycles. The van der Waals surface area contributed by atoms with Crippen LogP contribution in [-0.2, 0) is 22.5 Å². The third-order valence-corrected chi connectivity index (χ3v) is 5.22. The molecule has 2 atom stereocenters. The summed E-state index contributed by atoms with van der Waals surface area (Å²) in [6, 6.07) is 2.51. The molecular formula is C18H27N5O2. The molecule has 7 nitrogen and oxygen atoms in total. The van der Waals surface area contributed by atoms with Crippen LogP contribution in [-0.4, -0.2) is 51.1 Å². The van der Waals surface area contributed by atoms with Gasteiger partial charge in [-0.25, -0.2) is 4.68 Å². The number of rotatable bonds is 4. The van der Waals surface area contributed by atoms with Crippen LogP contribution in [0.1, 0.15) is 51.6 Å². The summed E-state index contributed by atoms with van der Waals surface area (Å²) in [7, 11) is 0. The van der Waals surface area contributed by atoms with Crippen LogP contribution in [0.4, 0.5) is 0 Å². The Bertz CT molecular complexity index is 634. The molecule has 0 bridgehead atoms. The molecule has 1 aromatic rings. The largest absolute Gasteiger partial charge is 0.372 e. The molecule has 1 saturated carbocycles. The van der Waals surface area contributed by atoms with Crippen molar-refractivity contribution < 1.29 is 9.53 Å². The molecule has 0 N–H and O–H groups in total. The van der Waals surface area contributed by atoms with Crippen molar-refractivity contribution in [2.45, 2.75) is 71.1 Å². The fraction of sp³-hybridized carbons (Fsp3) is 0.778. The third kappa shape index (κ3) is 4.37. The molecule has 3 rings (SSSR count). The van der Waals surface area contributed by atoms with E-state index in [1.54, 1.807) is 4.68 Å². The van der Waals surface area contributed by atoms with Gasteiger partial charge in [0.25, 0.3) is 0 Å². The number of nitrogens with zero attached hydrogens (tertiary/aromatic N) is 5. The lowest BCUT2D eigenvalue weighted by atomic mass is 9.72. The smallest absolute Gasteiger partial charge is 0.244 e. The minimum Gasteiger partial charge on any atom is -0.372 e. The van der Waals surface area contributed by atoms with Gasteiger partial charge in [-0.2, -0.15) is 5.26 Å². The van der Waals surface area contributed by atoms with Gasteiger partial charge in [-0.15, -0.1) is 5.10 Å². The highest BCUT2D eigenvalue weighted by atomic mass is 16.5. The number of carbonyl (C=O) groups is 1. The zero-order valence-corrected chi connectivity index (χ0v) is 15.1. The summed E-state index contributed by atoms with van der Waals surface area (Å²) in [5, 5.41) is 17.9. The molecule has 2 fully saturated rings. The summed E-state index contributed by atoms with van der Waals surface area (Å²) in [6.07, 6.45) is 7.84. The number of morpholine rings is 1. The van der Waals surface area contributed by atoms with E-state index in [1.165, 1.54) is 6.42 Å². The Morgan fingerprint density at radius 3 is 2.64 bits per heavy atom. The zero-order valence-electron chi connectivity index (χ0n) is 15.1. The molecule has 0 radical (unpaired) electrons. The van der Waals surface area contributed by atoms with E-state index in [-0.39, 0.29) is 30.1 Å². The number of carbonyl (C=O) groups excluding carboxylic acids is 1. The van der Waals surface area contributed by atoms with Gasteiger partial charge >= 0.3 is 0 Å². The SMILES string of the molecule is CC1CN(C(=O)Cn2cc(CC3(C#N)CCCCC3)nn2)CC(C)O1. The summed E-state index contributed by atoms with van der Waals surface area (Å²) in [4.78, 5) is 14.3. The molecular weight excluding hydrogens is 318 g/mol. The van der Waals surface area contributed by atoms with Gasteiger partial charge in [-0.1, -0.05) is 24.5 Å². The minimum atomic E-state index is -0.307. The highest BCUT2D eigenvalue weighted by molar-refractivity contribution is 5.76. The van der Waals surface area contributed by atoms with Gasteiger partial charge in [0.1, 0.15) is 6.54 Å². The van der Waals surface area contributed by atoms with Crippen molar-refractivity contribution in [1.29, 1.82) is 5.26 Å². The van der Waals surface area contributed by atoms with Crippen LogP contribution in [0, 0.1) is 16.7 Å². The minimum absolute atomic E-state index is 0.0334. The highest BCUT2D eigenvalue weighted by Gasteiger charge is 2.33. The fourth-order valence-electron chi connectivity index (χ4n) is 4.02. The average molecular weight is 345 g/mol. The van der Waals surface area contributed by atoms with Crippen molar-refractivity contribution in [3.63, 3.8) is 0 Å². The Balaban J connectivity index is 1.60. The average Bonchev–Trinajstić information content (AvgIpc) is 3.01. The van der Waals surface area contributed by atoms with E-state index in [0.29, 0.717) is 19.5 Å². The van der Waals surface area contributed by atoms with Crippen LogP contribution in [0.3, 0.4) is 0 Å². The van der Waals surface area contributed by atoms with Crippen LogP contribution in [0.5, 0.6) is 0 Å². The second kappa shape index (κ2) is 7.52. The second-order valence-electron chi connectivity index (χ2n) is 7.59. The van der Waals surface area contributed by atoms with Gasteiger partial charge in [0.05, 0.1) is 29.4 Å². The van der Waals surface area contributed by atoms with Crippen molar-refractivity contribution in [3.8, 4) is 6.07 Å². The molecule has 1 amide bonds. The van der Waals surface area contributed by atoms with Gasteiger partial charge in [0.2, 0.25) is 5.91 Å². The predicted octanol–water partition coefficient (Wildman–Crippen LogP) is 1.93. The lowest BCUT2D eigenvalue weighted by molar-refractivity contribution is -0.144. The Morgan fingerprint density at radius 2 is 2.00 bits per heavy atom. The maximum atomic E-state index is 12.5. The summed E-state index contributed by atoms with van der Waals surface area (Å²) >= 11 is 0. The molecule has 25 heavy (non-hydrogen) atoms. The molecule has 2 aliphatic rings. The number of ether oxygens (including phenoxy) is 1. The monoisotopic (exact) mass is 345 g/mol. The second-order valence-corrected chi connectivity index (χ2v) is 7.59. The number of hydrogen-bond donors (Lipinski definition) is 0. The van der Waals surface area contributed by atoms with Crippen molar-refractivity contribution in [2.75, 3.05) is 13.1 Å². The van der Waals surface area contributed by atoms with Crippen LogP contribution in [0.25, 0.3) is 0 Å². The molecule has 0 spiro atoms. The highest BCUT2D eigenvalue weighted by Crippen LogP contribution is 2.38. The van der Waals surface area contributed by atoms with E-state index in [2.05, 4.69) is 16.4 Å². The molecule has 2 heterocycles. The van der Waals surface area contributed by atoms with Gasteiger partial charge in [-0.3, -0.25) is 4.79 Å². The van der Waals surface area contributed by atoms with Crippen molar-refractivity contribution >= 4 is 5.91 Å². The van der Waals surface area contributed by atoms with Crippen LogP contribution < -0.4 is 0 Å². The van der Waals surface area contributed by atoms with E-state index in [4.69, 9.17) is 4.74 Å². The number of nitriles is 1. The van der Waals surface area contributed by atoms with E-state index in [9.17, 15) is 10.1 Å². The number of hydrogen-bond acceptors (Lipinski definition) is 5. The first-order valence-corrected chi connectivity index (χ1v) is 9.23. The predicted molar refractivity (Wildman–Crippen MR) is 91.4 cm³/mol. The Morgan fingerprint density at radius 1 is 1.32 bits per heavy atom. The summed E-state index contributed by atoms with van der Waals surface area (Å²) < 4.78 is 7.26. The van der Waals surface area contributed by atoms with Gasteiger partial charge in [-0.05, 0) is 26.7 Å². The maximum Gasteiger partial charge on any atom is 0.244 e. The van der Waals surface area contributed by atoms with Crippen LogP contribution >= 0.6 is 0 Å². The first-order chi connectivity index (χ1) is 12.0. The van der Waals surface area contributed by atoms with E-state index >= 15 is 0 Å². The van der Waals surface area contributed by atoms with Gasteiger partial charge < -0.3 is 9.64 Å². The molecule has 7 heteroatoms. The first-order valence-electron chi connectivity index (χ1n) is 9.23. The lowest BCUT2D eigenvalue weighted by Gasteiger charge is -2.35. The third-order valence-electron chi connectivity index (χ3n) is 5.22. The Kier molecular flexibility index (Phi) is 5.38. The number of amides is 1. The van der Waals surface area contributed by atoms with E-state index < -0.39 is 0 Å². The van der Waals surface area contributed by atoms with E-state index in [0.717, 1.165) is 31.4 Å². The summed E-state index contributed by atoms with van der Waals surface area (Å²) in [6.45, 7) is 5.38. The van der Waals surface area contributed by atoms with Gasteiger partial charge in [0, 0.05) is 25.7 Å². The maximum absolute atomic E-state index is 12.5. The molecule has 1 saturated heterocycles. The zero-order chi connectivity index (χ0) is 17.9. The van der Waals surface area contributed by atoms with Crippen molar-refractivity contribution in [2.24, 2.45) is 5.41 Å². The topological polar surface area (TPSA) is 84.0 Å². The van der Waals surface area contributed by atoms with Crippen molar-refractivity contribution in [1.82, 2.24) is 19.9 Å². The van der Waals surface area contributed by atoms with Crippen molar-refractivity contribution in [3.05, 3.63) is 11.9 Å². The molecule has 136 valence electrons. The molecule has 0 aromatic carbocycles. The lowest BCUT2D eigenvalue weighted by Crippen LogP contribution is -2.49. The Labute approximate surface area is 148 Å². The normalized spacial score (nSPS) is 26.2. The molecule has 2 unspecified atom stereocenters. The Hall–Kier alpha value is -1.94. The number of aromatic nitrogens is 3. The quantitative estimate of drug-likeness (QED) is 0.832. The summed E-state index contributed by atoms with van der Waals surface area (Å²) in [5.41, 5.74) is 0.498. The summed E-state index contributed by atoms with van der Waals surface area (Å²) in [5.74, 6) is 0.0334. The standard InChI is InChI=1S/C18H27N5O2/c1-14-9-22(10-15(2)25-14)17(24)12-23-11-16(20-21-23)8-18(13-19)6-4-3-5-7-18/h11,14-15H,3-10,12H2,1-2H3. The molecule has 1 aliphatic heterocycles. The van der Waals surface area contributed by atoms with Crippen LogP contribution in [0.2, 0.25) is 0 Å². The first kappa shape index (κ1) is 17.9.